The molecule has 0 aliphatic carbocycles. The maximum Gasteiger partial charge on any atom is 0.196 e. The van der Waals surface area contributed by atoms with Gasteiger partial charge in [-0.3, -0.25) is 0 Å². The minimum absolute atomic E-state index is 0.0188. The van der Waals surface area contributed by atoms with Gasteiger partial charge < -0.3 is 0 Å². The molecule has 0 atom stereocenters. The molecule has 0 amide bonds. The van der Waals surface area contributed by atoms with Crippen LogP contribution in [-0.4, -0.2) is 4.98 Å². The van der Waals surface area contributed by atoms with E-state index < -0.39 is 0 Å². The summed E-state index contributed by atoms with van der Waals surface area (Å²) in [6.07, 6.45) is 1.27. The number of thiazole rings is 1. The normalized spacial score (nSPS) is 12.0. The highest BCUT2D eigenvalue weighted by atomic mass is 32.1. The van der Waals surface area contributed by atoms with Crippen LogP contribution in [0.3, 0.4) is 0 Å². The van der Waals surface area contributed by atoms with Gasteiger partial charge in [-0.25, -0.2) is 4.98 Å². The number of rotatable bonds is 0. The van der Waals surface area contributed by atoms with E-state index in [1.807, 2.05) is 20.8 Å². The minimum Gasteiger partial charge on any atom is -0.246 e. The van der Waals surface area contributed by atoms with Gasteiger partial charge in [0.05, 0.1) is 6.20 Å². The van der Waals surface area contributed by atoms with E-state index >= 15 is 0 Å². The van der Waals surface area contributed by atoms with Crippen molar-refractivity contribution >= 4 is 11.3 Å². The van der Waals surface area contributed by atoms with Crippen LogP contribution in [0.4, 0.5) is 4.39 Å². The van der Waals surface area contributed by atoms with Gasteiger partial charge in [-0.15, -0.1) is 0 Å². The van der Waals surface area contributed by atoms with Gasteiger partial charge in [0.2, 0.25) is 0 Å². The Labute approximate surface area is 63.9 Å². The summed E-state index contributed by atoms with van der Waals surface area (Å²) in [6.45, 7) is 6.06. The van der Waals surface area contributed by atoms with Crippen LogP contribution in [0.1, 0.15) is 25.8 Å². The van der Waals surface area contributed by atoms with E-state index in [2.05, 4.69) is 4.98 Å². The third-order valence-corrected chi connectivity index (χ3v) is 2.33. The van der Waals surface area contributed by atoms with Crippen LogP contribution in [0.5, 0.6) is 0 Å². The zero-order valence-corrected chi connectivity index (χ0v) is 7.13. The van der Waals surface area contributed by atoms with E-state index in [1.54, 1.807) is 0 Å². The van der Waals surface area contributed by atoms with Crippen LogP contribution in [0.2, 0.25) is 0 Å². The SMILES string of the molecule is CC(C)(C)c1ncc(F)s1. The zero-order chi connectivity index (χ0) is 7.78. The summed E-state index contributed by atoms with van der Waals surface area (Å²) in [5, 5.41) is 0.648. The third-order valence-electron chi connectivity index (χ3n) is 1.12. The van der Waals surface area contributed by atoms with Crippen molar-refractivity contribution in [3.63, 3.8) is 0 Å². The number of aromatic nitrogens is 1. The molecule has 1 nitrogen and oxygen atoms in total. The molecule has 0 N–H and O–H groups in total. The van der Waals surface area contributed by atoms with Crippen molar-refractivity contribution in [3.8, 4) is 0 Å². The molecule has 1 aromatic rings. The lowest BCUT2D eigenvalue weighted by Crippen LogP contribution is -2.09. The molecule has 3 heteroatoms. The highest BCUT2D eigenvalue weighted by Gasteiger charge is 2.17. The van der Waals surface area contributed by atoms with Crippen molar-refractivity contribution < 1.29 is 4.39 Å². The molecular formula is C7H10FNS. The van der Waals surface area contributed by atoms with Gasteiger partial charge >= 0.3 is 0 Å². The molecule has 0 unspecified atom stereocenters. The standard InChI is InChI=1S/C7H10FNS/c1-7(2,3)6-9-4-5(8)10-6/h4H,1-3H3. The number of nitrogens with zero attached hydrogens (tertiary/aromatic N) is 1. The first kappa shape index (κ1) is 7.66. The van der Waals surface area contributed by atoms with Crippen LogP contribution in [0, 0.1) is 5.13 Å². The highest BCUT2D eigenvalue weighted by Crippen LogP contribution is 2.25. The summed E-state index contributed by atoms with van der Waals surface area (Å²) >= 11 is 1.12. The van der Waals surface area contributed by atoms with Crippen LogP contribution < -0.4 is 0 Å². The van der Waals surface area contributed by atoms with Crippen molar-refractivity contribution in [2.24, 2.45) is 0 Å². The van der Waals surface area contributed by atoms with Crippen molar-refractivity contribution in [1.29, 1.82) is 0 Å². The smallest absolute Gasteiger partial charge is 0.196 e. The average molecular weight is 159 g/mol. The maximum absolute atomic E-state index is 12.4. The van der Waals surface area contributed by atoms with Crippen LogP contribution in [0.25, 0.3) is 0 Å². The Kier molecular flexibility index (Phi) is 1.77. The van der Waals surface area contributed by atoms with E-state index in [-0.39, 0.29) is 10.5 Å². The molecule has 0 radical (unpaired) electrons. The molecule has 10 heavy (non-hydrogen) atoms. The summed E-state index contributed by atoms with van der Waals surface area (Å²) in [5.41, 5.74) is -0.0188. The summed E-state index contributed by atoms with van der Waals surface area (Å²) in [6, 6.07) is 0. The molecule has 0 aromatic carbocycles. The first-order valence-electron chi connectivity index (χ1n) is 3.12. The van der Waals surface area contributed by atoms with Crippen LogP contribution in [-0.2, 0) is 5.41 Å². The van der Waals surface area contributed by atoms with Gasteiger partial charge in [-0.05, 0) is 0 Å². The molecule has 0 aliphatic rings. The molecule has 1 rings (SSSR count). The second-order valence-corrected chi connectivity index (χ2v) is 4.20. The van der Waals surface area contributed by atoms with Crippen molar-refractivity contribution in [2.45, 2.75) is 26.2 Å². The third kappa shape index (κ3) is 1.53. The van der Waals surface area contributed by atoms with E-state index in [4.69, 9.17) is 0 Å². The molecule has 0 saturated carbocycles. The van der Waals surface area contributed by atoms with E-state index in [0.717, 1.165) is 16.3 Å². The number of hydrogen-bond donors (Lipinski definition) is 0. The summed E-state index contributed by atoms with van der Waals surface area (Å²) < 4.78 is 12.4. The van der Waals surface area contributed by atoms with Gasteiger partial charge in [0, 0.05) is 5.41 Å². The second kappa shape index (κ2) is 2.31. The number of hydrogen-bond acceptors (Lipinski definition) is 2. The van der Waals surface area contributed by atoms with Gasteiger partial charge in [0.1, 0.15) is 5.01 Å². The van der Waals surface area contributed by atoms with Gasteiger partial charge in [0.15, 0.2) is 5.13 Å². The van der Waals surface area contributed by atoms with Crippen LogP contribution in [0.15, 0.2) is 6.20 Å². The molecule has 0 bridgehead atoms. The topological polar surface area (TPSA) is 12.9 Å². The summed E-state index contributed by atoms with van der Waals surface area (Å²) in [7, 11) is 0. The van der Waals surface area contributed by atoms with Crippen molar-refractivity contribution in [2.75, 3.05) is 0 Å². The lowest BCUT2D eigenvalue weighted by molar-refractivity contribution is 0.585. The monoisotopic (exact) mass is 159 g/mol. The van der Waals surface area contributed by atoms with Crippen LogP contribution >= 0.6 is 11.3 Å². The molecule has 0 spiro atoms. The minimum atomic E-state index is -0.204. The Bertz CT molecular complexity index is 224. The lowest BCUT2D eigenvalue weighted by atomic mass is 9.98. The molecule has 1 aromatic heterocycles. The summed E-state index contributed by atoms with van der Waals surface area (Å²) in [4.78, 5) is 3.93. The molecule has 0 saturated heterocycles. The highest BCUT2D eigenvalue weighted by molar-refractivity contribution is 7.10. The fourth-order valence-corrected chi connectivity index (χ4v) is 1.30. The second-order valence-electron chi connectivity index (χ2n) is 3.22. The fraction of sp³-hybridized carbons (Fsp3) is 0.571. The van der Waals surface area contributed by atoms with E-state index in [0.29, 0.717) is 0 Å². The Hall–Kier alpha value is -0.440. The first-order chi connectivity index (χ1) is 4.50. The van der Waals surface area contributed by atoms with Crippen molar-refractivity contribution in [3.05, 3.63) is 16.3 Å². The predicted molar refractivity (Wildman–Crippen MR) is 40.8 cm³/mol. The molecule has 0 fully saturated rings. The largest absolute Gasteiger partial charge is 0.246 e. The first-order valence-corrected chi connectivity index (χ1v) is 3.93. The molecular weight excluding hydrogens is 149 g/mol. The van der Waals surface area contributed by atoms with Gasteiger partial charge in [-0.2, -0.15) is 4.39 Å². The van der Waals surface area contributed by atoms with Gasteiger partial charge in [0.25, 0.3) is 0 Å². The fourth-order valence-electron chi connectivity index (χ4n) is 0.601. The lowest BCUT2D eigenvalue weighted by Gasteiger charge is -2.12. The predicted octanol–water partition coefficient (Wildman–Crippen LogP) is 2.58. The van der Waals surface area contributed by atoms with E-state index in [1.165, 1.54) is 6.20 Å². The quantitative estimate of drug-likeness (QED) is 0.567. The maximum atomic E-state index is 12.4. The Morgan fingerprint density at radius 3 is 2.30 bits per heavy atom. The Balaban J connectivity index is 2.96. The molecule has 56 valence electrons. The van der Waals surface area contributed by atoms with E-state index in [9.17, 15) is 4.39 Å². The zero-order valence-electron chi connectivity index (χ0n) is 6.31. The van der Waals surface area contributed by atoms with Gasteiger partial charge in [-0.1, -0.05) is 32.1 Å². The van der Waals surface area contributed by atoms with Crippen molar-refractivity contribution in [1.82, 2.24) is 4.98 Å². The Morgan fingerprint density at radius 2 is 2.10 bits per heavy atom. The average Bonchev–Trinajstić information content (AvgIpc) is 2.11. The number of halogens is 1. The molecule has 0 aliphatic heterocycles. The molecule has 1 heterocycles. The Morgan fingerprint density at radius 1 is 1.50 bits per heavy atom. The summed E-state index contributed by atoms with van der Waals surface area (Å²) in [5.74, 6) is 0.